The molecule has 2 aliphatic rings. The fraction of sp³-hybridized carbons (Fsp3) is 0.833. The molecule has 2 atom stereocenters. The molecule has 1 aliphatic carbocycles. The Hall–Kier alpha value is -0.765. The van der Waals surface area contributed by atoms with Crippen LogP contribution in [0.4, 0.5) is 0 Å². The maximum Gasteiger partial charge on any atom is 0.137 e. The number of fused-ring (bicyclic) bond motifs is 3. The minimum absolute atomic E-state index is 0.0535. The molecule has 3 nitrogen and oxygen atoms in total. The minimum Gasteiger partial charge on any atom is -0.372 e. The molecule has 0 saturated carbocycles. The van der Waals surface area contributed by atoms with Crippen molar-refractivity contribution in [2.24, 2.45) is 5.41 Å². The first-order valence-electron chi connectivity index (χ1n) is 9.03. The van der Waals surface area contributed by atoms with E-state index in [0.717, 1.165) is 19.4 Å². The van der Waals surface area contributed by atoms with Gasteiger partial charge in [0, 0.05) is 5.44 Å². The van der Waals surface area contributed by atoms with Gasteiger partial charge in [0.25, 0.3) is 0 Å². The Bertz CT molecular complexity index is 548. The lowest BCUT2D eigenvalue weighted by Crippen LogP contribution is -2.42. The van der Waals surface area contributed by atoms with Crippen molar-refractivity contribution in [2.45, 2.75) is 84.2 Å². The molecule has 0 aromatic carbocycles. The summed E-state index contributed by atoms with van der Waals surface area (Å²) in [7, 11) is 2.34. The summed E-state index contributed by atoms with van der Waals surface area (Å²) in [6.07, 6.45) is 8.85. The summed E-state index contributed by atoms with van der Waals surface area (Å²) in [4.78, 5) is 0. The van der Waals surface area contributed by atoms with Crippen LogP contribution in [0, 0.1) is 5.41 Å². The van der Waals surface area contributed by atoms with Crippen LogP contribution in [0.3, 0.4) is 0 Å². The van der Waals surface area contributed by atoms with Crippen LogP contribution in [0.5, 0.6) is 0 Å². The molecule has 1 aliphatic heterocycles. The van der Waals surface area contributed by atoms with Gasteiger partial charge in [-0.25, -0.2) is 0 Å². The third-order valence-corrected chi connectivity index (χ3v) is 5.29. The molecule has 1 aromatic rings. The third-order valence-electron chi connectivity index (χ3n) is 5.29. The highest BCUT2D eigenvalue weighted by molar-refractivity contribution is 6.13. The maximum absolute atomic E-state index is 6.25. The van der Waals surface area contributed by atoms with Gasteiger partial charge in [0.1, 0.15) is 7.85 Å². The molecule has 2 heterocycles. The lowest BCUT2D eigenvalue weighted by molar-refractivity contribution is -0.0186. The smallest absolute Gasteiger partial charge is 0.137 e. The average molecular weight is 302 g/mol. The van der Waals surface area contributed by atoms with Crippen LogP contribution in [0.2, 0.25) is 0 Å². The molecule has 0 N–H and O–H groups in total. The first-order valence-corrected chi connectivity index (χ1v) is 9.03. The average Bonchev–Trinajstić information content (AvgIpc) is 2.72. The largest absolute Gasteiger partial charge is 0.372 e. The molecular formula is C18H31BN2O. The molecule has 2 unspecified atom stereocenters. The Morgan fingerprint density at radius 2 is 1.82 bits per heavy atom. The summed E-state index contributed by atoms with van der Waals surface area (Å²) in [6.45, 7) is 10.0. The zero-order valence-corrected chi connectivity index (χ0v) is 15.0. The van der Waals surface area contributed by atoms with E-state index in [-0.39, 0.29) is 17.0 Å². The van der Waals surface area contributed by atoms with Gasteiger partial charge in [-0.1, -0.05) is 26.7 Å². The highest BCUT2D eigenvalue weighted by atomic mass is 16.5. The SMILES string of the molecule is BC1(C)CC(C)(C)COC(C)c2c3c(nn21)CCCCCC3. The summed E-state index contributed by atoms with van der Waals surface area (Å²) >= 11 is 0. The molecule has 22 heavy (non-hydrogen) atoms. The molecule has 1 aromatic heterocycles. The van der Waals surface area contributed by atoms with Crippen molar-refractivity contribution in [2.75, 3.05) is 6.61 Å². The number of ether oxygens (including phenoxy) is 1. The molecule has 0 saturated heterocycles. The first-order chi connectivity index (χ1) is 10.3. The second-order valence-electron chi connectivity index (χ2n) is 8.74. The molecule has 0 bridgehead atoms. The van der Waals surface area contributed by atoms with Gasteiger partial charge in [-0.2, -0.15) is 5.10 Å². The van der Waals surface area contributed by atoms with E-state index in [9.17, 15) is 0 Å². The molecule has 4 heteroatoms. The molecule has 122 valence electrons. The molecule has 3 rings (SSSR count). The van der Waals surface area contributed by atoms with Crippen LogP contribution < -0.4 is 0 Å². The second-order valence-corrected chi connectivity index (χ2v) is 8.74. The van der Waals surface area contributed by atoms with Crippen molar-refractivity contribution in [3.63, 3.8) is 0 Å². The summed E-state index contributed by atoms with van der Waals surface area (Å²) in [6, 6.07) is 0. The van der Waals surface area contributed by atoms with Crippen molar-refractivity contribution in [1.82, 2.24) is 9.78 Å². The zero-order valence-electron chi connectivity index (χ0n) is 15.0. The van der Waals surface area contributed by atoms with Gasteiger partial charge in [0.15, 0.2) is 0 Å². The molecular weight excluding hydrogens is 271 g/mol. The van der Waals surface area contributed by atoms with E-state index >= 15 is 0 Å². The van der Waals surface area contributed by atoms with E-state index < -0.39 is 0 Å². The van der Waals surface area contributed by atoms with Gasteiger partial charge >= 0.3 is 0 Å². The maximum atomic E-state index is 6.25. The van der Waals surface area contributed by atoms with Crippen LogP contribution in [0.15, 0.2) is 0 Å². The van der Waals surface area contributed by atoms with Gasteiger partial charge in [-0.15, -0.1) is 0 Å². The molecule has 0 spiro atoms. The van der Waals surface area contributed by atoms with E-state index in [0.29, 0.717) is 0 Å². The number of aromatic nitrogens is 2. The van der Waals surface area contributed by atoms with Crippen LogP contribution >= 0.6 is 0 Å². The predicted molar refractivity (Wildman–Crippen MR) is 93.1 cm³/mol. The number of hydrogen-bond donors (Lipinski definition) is 0. The number of rotatable bonds is 0. The van der Waals surface area contributed by atoms with Gasteiger partial charge < -0.3 is 4.74 Å². The fourth-order valence-corrected chi connectivity index (χ4v) is 4.54. The molecule has 0 radical (unpaired) electrons. The Morgan fingerprint density at radius 1 is 1.14 bits per heavy atom. The number of hydrogen-bond acceptors (Lipinski definition) is 2. The van der Waals surface area contributed by atoms with Crippen molar-refractivity contribution in [3.8, 4) is 0 Å². The number of aryl methyl sites for hydroxylation is 1. The normalized spacial score (nSPS) is 32.1. The van der Waals surface area contributed by atoms with Crippen LogP contribution in [-0.4, -0.2) is 24.2 Å². The predicted octanol–water partition coefficient (Wildman–Crippen LogP) is 3.36. The summed E-state index contributed by atoms with van der Waals surface area (Å²) in [5, 5.41) is 5.10. The van der Waals surface area contributed by atoms with Crippen LogP contribution in [-0.2, 0) is 23.0 Å². The summed E-state index contributed by atoms with van der Waals surface area (Å²) in [5.41, 5.74) is 4.45. The Morgan fingerprint density at radius 3 is 2.55 bits per heavy atom. The van der Waals surface area contributed by atoms with E-state index in [1.54, 1.807) is 0 Å². The Kier molecular flexibility index (Phi) is 4.17. The molecule has 0 amide bonds. The van der Waals surface area contributed by atoms with Crippen LogP contribution in [0.1, 0.15) is 82.9 Å². The fourth-order valence-electron chi connectivity index (χ4n) is 4.54. The Balaban J connectivity index is 2.10. The zero-order chi connectivity index (χ0) is 16.0. The third kappa shape index (κ3) is 2.99. The highest BCUT2D eigenvalue weighted by Crippen LogP contribution is 2.40. The quantitative estimate of drug-likeness (QED) is 0.687. The van der Waals surface area contributed by atoms with Gasteiger partial charge in [0.2, 0.25) is 0 Å². The van der Waals surface area contributed by atoms with Crippen molar-refractivity contribution >= 4 is 7.85 Å². The summed E-state index contributed by atoms with van der Waals surface area (Å²) < 4.78 is 8.58. The van der Waals surface area contributed by atoms with E-state index in [1.807, 2.05) is 0 Å². The van der Waals surface area contributed by atoms with Gasteiger partial charge in [-0.05, 0) is 56.9 Å². The van der Waals surface area contributed by atoms with Crippen molar-refractivity contribution < 1.29 is 4.74 Å². The van der Waals surface area contributed by atoms with E-state index in [4.69, 9.17) is 9.84 Å². The lowest BCUT2D eigenvalue weighted by Gasteiger charge is -2.40. The highest BCUT2D eigenvalue weighted by Gasteiger charge is 2.38. The topological polar surface area (TPSA) is 27.1 Å². The van der Waals surface area contributed by atoms with Gasteiger partial charge in [-0.3, -0.25) is 4.68 Å². The minimum atomic E-state index is 0.0535. The van der Waals surface area contributed by atoms with E-state index in [2.05, 4.69) is 40.2 Å². The lowest BCUT2D eigenvalue weighted by atomic mass is 9.68. The Labute approximate surface area is 136 Å². The van der Waals surface area contributed by atoms with E-state index in [1.165, 1.54) is 49.1 Å². The monoisotopic (exact) mass is 302 g/mol. The van der Waals surface area contributed by atoms with Crippen molar-refractivity contribution in [1.29, 1.82) is 0 Å². The number of nitrogens with zero attached hydrogens (tertiary/aromatic N) is 2. The summed E-state index contributed by atoms with van der Waals surface area (Å²) in [5.74, 6) is 0. The van der Waals surface area contributed by atoms with Gasteiger partial charge in [0.05, 0.1) is 24.1 Å². The second kappa shape index (κ2) is 5.70. The van der Waals surface area contributed by atoms with Crippen molar-refractivity contribution in [3.05, 3.63) is 17.0 Å². The molecule has 0 fully saturated rings. The standard InChI is InChI=1S/C18H31BN2O/c1-13-16-14-9-7-5-6-8-10-15(14)20-21(16)18(4,19)11-17(2,3)12-22-13/h13H,5-12,19H2,1-4H3. The first kappa shape index (κ1) is 16.1. The van der Waals surface area contributed by atoms with Crippen LogP contribution in [0.25, 0.3) is 0 Å².